The second kappa shape index (κ2) is 7.25. The maximum atomic E-state index is 6.04. The average molecular weight is 272 g/mol. The molecule has 2 aromatic rings. The maximum absolute atomic E-state index is 6.04. The zero-order valence-corrected chi connectivity index (χ0v) is 12.6. The molecule has 108 valence electrons. The molecular weight excluding hydrogens is 248 g/mol. The molecule has 0 saturated heterocycles. The van der Waals surface area contributed by atoms with E-state index in [0.29, 0.717) is 0 Å². The van der Waals surface area contributed by atoms with Crippen molar-refractivity contribution in [3.63, 3.8) is 0 Å². The Labute approximate surface area is 121 Å². The third-order valence-electron chi connectivity index (χ3n) is 3.29. The van der Waals surface area contributed by atoms with E-state index in [2.05, 4.69) is 36.3 Å². The molecule has 2 rings (SSSR count). The Balaban J connectivity index is 2.03. The van der Waals surface area contributed by atoms with Gasteiger partial charge in [0, 0.05) is 17.6 Å². The Kier molecular flexibility index (Phi) is 5.36. The first kappa shape index (κ1) is 14.8. The van der Waals surface area contributed by atoms with Gasteiger partial charge in [-0.15, -0.1) is 0 Å². The number of rotatable bonds is 7. The second-order valence-electron chi connectivity index (χ2n) is 5.27. The van der Waals surface area contributed by atoms with E-state index in [1.54, 1.807) is 0 Å². The smallest absolute Gasteiger partial charge is 0.146 e. The lowest BCUT2D eigenvalue weighted by molar-refractivity contribution is 0.219. The van der Waals surface area contributed by atoms with Crippen molar-refractivity contribution in [2.45, 2.75) is 39.7 Å². The van der Waals surface area contributed by atoms with E-state index < -0.39 is 0 Å². The molecule has 0 aliphatic rings. The highest BCUT2D eigenvalue weighted by molar-refractivity contribution is 5.84. The molecule has 1 unspecified atom stereocenters. The van der Waals surface area contributed by atoms with E-state index in [4.69, 9.17) is 4.74 Å². The van der Waals surface area contributed by atoms with E-state index >= 15 is 0 Å². The number of aromatic nitrogens is 1. The first-order valence-electron chi connectivity index (χ1n) is 7.44. The van der Waals surface area contributed by atoms with Crippen LogP contribution in [0.1, 0.15) is 32.4 Å². The number of para-hydroxylation sites is 1. The summed E-state index contributed by atoms with van der Waals surface area (Å²) in [5.41, 5.74) is 1.97. The van der Waals surface area contributed by atoms with Gasteiger partial charge >= 0.3 is 0 Å². The molecule has 3 nitrogen and oxygen atoms in total. The highest BCUT2D eigenvalue weighted by atomic mass is 16.5. The topological polar surface area (TPSA) is 34.1 Å². The summed E-state index contributed by atoms with van der Waals surface area (Å²) in [6.07, 6.45) is 2.57. The first-order valence-corrected chi connectivity index (χ1v) is 7.44. The number of benzene rings is 1. The van der Waals surface area contributed by atoms with Gasteiger partial charge in [0.05, 0.1) is 0 Å². The number of pyridine rings is 1. The van der Waals surface area contributed by atoms with Gasteiger partial charge in [0.1, 0.15) is 17.4 Å². The van der Waals surface area contributed by atoms with Gasteiger partial charge in [0.2, 0.25) is 0 Å². The lowest BCUT2D eigenvalue weighted by Crippen LogP contribution is -2.29. The fourth-order valence-electron chi connectivity index (χ4n) is 2.18. The van der Waals surface area contributed by atoms with Crippen molar-refractivity contribution in [2.24, 2.45) is 0 Å². The third kappa shape index (κ3) is 3.94. The predicted octanol–water partition coefficient (Wildman–Crippen LogP) is 3.70. The fourth-order valence-corrected chi connectivity index (χ4v) is 2.18. The molecule has 3 heteroatoms. The summed E-state index contributed by atoms with van der Waals surface area (Å²) >= 11 is 0. The van der Waals surface area contributed by atoms with Crippen molar-refractivity contribution >= 4 is 10.9 Å². The summed E-state index contributed by atoms with van der Waals surface area (Å²) in [6, 6.07) is 10.2. The number of fused-ring (bicyclic) bond motifs is 1. The molecule has 0 radical (unpaired) electrons. The Bertz CT molecular complexity index is 554. The number of ether oxygens (including phenoxy) is 1. The molecule has 1 aromatic carbocycles. The number of aryl methyl sites for hydroxylation is 1. The van der Waals surface area contributed by atoms with Crippen LogP contribution < -0.4 is 10.1 Å². The summed E-state index contributed by atoms with van der Waals surface area (Å²) in [5, 5.41) is 4.54. The highest BCUT2D eigenvalue weighted by Crippen LogP contribution is 2.24. The standard InChI is InChI=1S/C17H24N2O/c1-4-5-11-18-12-14(3)20-16-8-6-7-15-10-9-13(2)19-17(15)16/h6-10,14,18H,4-5,11-12H2,1-3H3. The number of nitrogens with one attached hydrogen (secondary N) is 1. The number of hydrogen-bond acceptors (Lipinski definition) is 3. The molecule has 0 saturated carbocycles. The van der Waals surface area contributed by atoms with Gasteiger partial charge in [-0.2, -0.15) is 0 Å². The summed E-state index contributed by atoms with van der Waals surface area (Å²) in [6.45, 7) is 8.21. The maximum Gasteiger partial charge on any atom is 0.146 e. The molecule has 0 amide bonds. The van der Waals surface area contributed by atoms with Crippen molar-refractivity contribution < 1.29 is 4.74 Å². The quantitative estimate of drug-likeness (QED) is 0.780. The lowest BCUT2D eigenvalue weighted by atomic mass is 10.2. The van der Waals surface area contributed by atoms with Crippen LogP contribution in [0.4, 0.5) is 0 Å². The van der Waals surface area contributed by atoms with Gasteiger partial charge in [0.25, 0.3) is 0 Å². The largest absolute Gasteiger partial charge is 0.487 e. The average Bonchev–Trinajstić information content (AvgIpc) is 2.44. The van der Waals surface area contributed by atoms with E-state index in [9.17, 15) is 0 Å². The molecule has 1 atom stereocenters. The van der Waals surface area contributed by atoms with Crippen molar-refractivity contribution in [2.75, 3.05) is 13.1 Å². The molecule has 20 heavy (non-hydrogen) atoms. The van der Waals surface area contributed by atoms with Crippen LogP contribution in [-0.4, -0.2) is 24.2 Å². The zero-order chi connectivity index (χ0) is 14.4. The van der Waals surface area contributed by atoms with Crippen LogP contribution in [0, 0.1) is 6.92 Å². The minimum atomic E-state index is 0.139. The summed E-state index contributed by atoms with van der Waals surface area (Å²) in [5.74, 6) is 0.871. The normalized spacial score (nSPS) is 12.6. The monoisotopic (exact) mass is 272 g/mol. The number of nitrogens with zero attached hydrogens (tertiary/aromatic N) is 1. The molecule has 1 N–H and O–H groups in total. The molecular formula is C17H24N2O. The van der Waals surface area contributed by atoms with Crippen LogP contribution in [0.5, 0.6) is 5.75 Å². The Morgan fingerprint density at radius 1 is 1.25 bits per heavy atom. The third-order valence-corrected chi connectivity index (χ3v) is 3.29. The van der Waals surface area contributed by atoms with E-state index in [1.165, 1.54) is 12.8 Å². The fraction of sp³-hybridized carbons (Fsp3) is 0.471. The van der Waals surface area contributed by atoms with E-state index in [0.717, 1.165) is 35.4 Å². The lowest BCUT2D eigenvalue weighted by Gasteiger charge is -2.16. The Morgan fingerprint density at radius 3 is 2.90 bits per heavy atom. The minimum absolute atomic E-state index is 0.139. The SMILES string of the molecule is CCCCNCC(C)Oc1cccc2ccc(C)nc12. The van der Waals surface area contributed by atoms with Crippen LogP contribution in [-0.2, 0) is 0 Å². The molecule has 1 heterocycles. The summed E-state index contributed by atoms with van der Waals surface area (Å²) < 4.78 is 6.04. The number of unbranched alkanes of at least 4 members (excludes halogenated alkanes) is 1. The number of hydrogen-bond donors (Lipinski definition) is 1. The van der Waals surface area contributed by atoms with Crippen molar-refractivity contribution in [3.05, 3.63) is 36.0 Å². The summed E-state index contributed by atoms with van der Waals surface area (Å²) in [7, 11) is 0. The Hall–Kier alpha value is -1.61. The van der Waals surface area contributed by atoms with Gasteiger partial charge in [-0.25, -0.2) is 4.98 Å². The van der Waals surface area contributed by atoms with Crippen LogP contribution >= 0.6 is 0 Å². The minimum Gasteiger partial charge on any atom is -0.487 e. The van der Waals surface area contributed by atoms with E-state index in [-0.39, 0.29) is 6.10 Å². The molecule has 0 spiro atoms. The van der Waals surface area contributed by atoms with Crippen molar-refractivity contribution in [3.8, 4) is 5.75 Å². The molecule has 0 bridgehead atoms. The molecule has 0 aliphatic heterocycles. The highest BCUT2D eigenvalue weighted by Gasteiger charge is 2.08. The van der Waals surface area contributed by atoms with Gasteiger partial charge in [-0.1, -0.05) is 31.5 Å². The Morgan fingerprint density at radius 2 is 2.10 bits per heavy atom. The van der Waals surface area contributed by atoms with Gasteiger partial charge in [0.15, 0.2) is 0 Å². The molecule has 0 aliphatic carbocycles. The van der Waals surface area contributed by atoms with Gasteiger partial charge in [-0.3, -0.25) is 0 Å². The predicted molar refractivity (Wildman–Crippen MR) is 84.3 cm³/mol. The summed E-state index contributed by atoms with van der Waals surface area (Å²) in [4.78, 5) is 4.59. The van der Waals surface area contributed by atoms with Crippen molar-refractivity contribution in [1.29, 1.82) is 0 Å². The van der Waals surface area contributed by atoms with Crippen LogP contribution in [0.25, 0.3) is 10.9 Å². The second-order valence-corrected chi connectivity index (χ2v) is 5.27. The van der Waals surface area contributed by atoms with Crippen LogP contribution in [0.2, 0.25) is 0 Å². The van der Waals surface area contributed by atoms with E-state index in [1.807, 2.05) is 25.1 Å². The van der Waals surface area contributed by atoms with Gasteiger partial charge in [-0.05, 0) is 38.9 Å². The van der Waals surface area contributed by atoms with Crippen molar-refractivity contribution in [1.82, 2.24) is 10.3 Å². The first-order chi connectivity index (χ1) is 9.70. The molecule has 0 fully saturated rings. The molecule has 1 aromatic heterocycles. The van der Waals surface area contributed by atoms with Crippen LogP contribution in [0.3, 0.4) is 0 Å². The van der Waals surface area contributed by atoms with Crippen LogP contribution in [0.15, 0.2) is 30.3 Å². The van der Waals surface area contributed by atoms with Gasteiger partial charge < -0.3 is 10.1 Å². The zero-order valence-electron chi connectivity index (χ0n) is 12.6.